The molecule has 0 amide bonds. The number of hydrogen-bond donors (Lipinski definition) is 2. The molecule has 3 N–H and O–H groups in total. The lowest BCUT2D eigenvalue weighted by molar-refractivity contribution is -0.152. The molecular weight excluding hydrogens is 480 g/mol. The number of aliphatic carboxylic acids is 1. The van der Waals surface area contributed by atoms with E-state index in [9.17, 15) is 18.7 Å². The normalized spacial score (nSPS) is 15.6. The molecule has 0 spiro atoms. The zero-order valence-electron chi connectivity index (χ0n) is 21.0. The Morgan fingerprint density at radius 3 is 2.51 bits per heavy atom. The minimum Gasteiger partial charge on any atom is -0.497 e. The van der Waals surface area contributed by atoms with E-state index in [1.165, 1.54) is 0 Å². The van der Waals surface area contributed by atoms with Gasteiger partial charge in [0.25, 0.3) is 0 Å². The molecular formula is C28H33F2N3O4. The van der Waals surface area contributed by atoms with Gasteiger partial charge in [-0.2, -0.15) is 0 Å². The summed E-state index contributed by atoms with van der Waals surface area (Å²) in [6.07, 6.45) is 4.85. The summed E-state index contributed by atoms with van der Waals surface area (Å²) in [5, 5.41) is 11.1. The molecule has 198 valence electrons. The molecule has 2 heterocycles. The Balaban J connectivity index is 1.35. The highest BCUT2D eigenvalue weighted by molar-refractivity contribution is 5.84. The number of ether oxygens (including phenoxy) is 2. The Morgan fingerprint density at radius 1 is 1.14 bits per heavy atom. The summed E-state index contributed by atoms with van der Waals surface area (Å²) in [4.78, 5) is 19.0. The van der Waals surface area contributed by atoms with Gasteiger partial charge in [-0.25, -0.2) is 8.78 Å². The maximum Gasteiger partial charge on any atom is 0.309 e. The fourth-order valence-corrected chi connectivity index (χ4v) is 5.15. The number of rotatable bonds is 11. The van der Waals surface area contributed by atoms with Gasteiger partial charge in [0, 0.05) is 42.9 Å². The Hall–Kier alpha value is -3.30. The smallest absolute Gasteiger partial charge is 0.309 e. The van der Waals surface area contributed by atoms with Crippen LogP contribution in [0.1, 0.15) is 36.8 Å². The molecule has 0 unspecified atom stereocenters. The van der Waals surface area contributed by atoms with Crippen molar-refractivity contribution >= 4 is 16.9 Å². The first-order chi connectivity index (χ1) is 17.8. The molecule has 1 saturated heterocycles. The summed E-state index contributed by atoms with van der Waals surface area (Å²) in [6.45, 7) is 2.42. The number of pyridine rings is 1. The monoisotopic (exact) mass is 513 g/mol. The second-order valence-electron chi connectivity index (χ2n) is 9.58. The van der Waals surface area contributed by atoms with E-state index in [0.717, 1.165) is 46.0 Å². The van der Waals surface area contributed by atoms with Crippen LogP contribution in [0.4, 0.5) is 8.78 Å². The number of halogens is 2. The van der Waals surface area contributed by atoms with Gasteiger partial charge in [-0.15, -0.1) is 0 Å². The van der Waals surface area contributed by atoms with Gasteiger partial charge in [-0.1, -0.05) is 0 Å². The lowest BCUT2D eigenvalue weighted by Crippen LogP contribution is -2.45. The topological polar surface area (TPSA) is 97.9 Å². The lowest BCUT2D eigenvalue weighted by atomic mass is 9.74. The van der Waals surface area contributed by atoms with E-state index in [0.29, 0.717) is 58.3 Å². The third kappa shape index (κ3) is 6.34. The Morgan fingerprint density at radius 2 is 1.86 bits per heavy atom. The zero-order valence-corrected chi connectivity index (χ0v) is 21.0. The number of carbonyl (C=O) groups is 1. The molecule has 0 aliphatic carbocycles. The lowest BCUT2D eigenvalue weighted by Gasteiger charge is -2.39. The molecule has 9 heteroatoms. The second-order valence-corrected chi connectivity index (χ2v) is 9.58. The van der Waals surface area contributed by atoms with Gasteiger partial charge >= 0.3 is 5.97 Å². The molecule has 2 aromatic carbocycles. The van der Waals surface area contributed by atoms with E-state index < -0.39 is 23.0 Å². The van der Waals surface area contributed by atoms with E-state index in [1.807, 2.05) is 18.2 Å². The molecule has 1 aliphatic heterocycles. The van der Waals surface area contributed by atoms with Crippen LogP contribution in [-0.2, 0) is 17.8 Å². The van der Waals surface area contributed by atoms with Crippen molar-refractivity contribution in [2.24, 2.45) is 11.1 Å². The summed E-state index contributed by atoms with van der Waals surface area (Å²) in [6, 6.07) is 8.84. The first-order valence-electron chi connectivity index (χ1n) is 12.5. The van der Waals surface area contributed by atoms with Crippen LogP contribution >= 0.6 is 0 Å². The molecule has 1 aromatic heterocycles. The molecule has 4 rings (SSSR count). The highest BCUT2D eigenvalue weighted by atomic mass is 19.1. The molecule has 37 heavy (non-hydrogen) atoms. The van der Waals surface area contributed by atoms with Crippen molar-refractivity contribution in [3.8, 4) is 11.5 Å². The fourth-order valence-electron chi connectivity index (χ4n) is 5.15. The number of piperidine rings is 1. The highest BCUT2D eigenvalue weighted by Crippen LogP contribution is 2.38. The SMILES string of the molecule is COc1ccc2ncc(CN)c(CCCC3(C(=O)O)CCN(CCOc4cc(F)cc(F)c4)CC3)c2c1. The first kappa shape index (κ1) is 26.8. The number of carboxylic acid groups (broad SMARTS) is 1. The first-order valence-corrected chi connectivity index (χ1v) is 12.5. The van der Waals surface area contributed by atoms with E-state index in [4.69, 9.17) is 15.2 Å². The largest absolute Gasteiger partial charge is 0.497 e. The summed E-state index contributed by atoms with van der Waals surface area (Å²) in [5.41, 5.74) is 8.11. The van der Waals surface area contributed by atoms with Crippen molar-refractivity contribution in [3.63, 3.8) is 0 Å². The number of nitrogens with zero attached hydrogens (tertiary/aromatic N) is 2. The molecule has 1 aliphatic rings. The number of likely N-dealkylation sites (tertiary alicyclic amines) is 1. The van der Waals surface area contributed by atoms with Crippen molar-refractivity contribution in [2.45, 2.75) is 38.6 Å². The van der Waals surface area contributed by atoms with E-state index in [1.54, 1.807) is 13.3 Å². The van der Waals surface area contributed by atoms with Crippen molar-refractivity contribution in [1.29, 1.82) is 0 Å². The van der Waals surface area contributed by atoms with Crippen molar-refractivity contribution in [3.05, 3.63) is 65.4 Å². The summed E-state index contributed by atoms with van der Waals surface area (Å²) in [7, 11) is 1.62. The average Bonchev–Trinajstić information content (AvgIpc) is 2.88. The van der Waals surface area contributed by atoms with Gasteiger partial charge in [0.15, 0.2) is 0 Å². The number of fused-ring (bicyclic) bond motifs is 1. The summed E-state index contributed by atoms with van der Waals surface area (Å²) >= 11 is 0. The maximum atomic E-state index is 13.3. The van der Waals surface area contributed by atoms with Crippen LogP contribution in [0.2, 0.25) is 0 Å². The predicted molar refractivity (Wildman–Crippen MR) is 137 cm³/mol. The maximum absolute atomic E-state index is 13.3. The molecule has 0 bridgehead atoms. The number of aryl methyl sites for hydroxylation is 1. The van der Waals surface area contributed by atoms with Crippen molar-refractivity contribution < 1.29 is 28.2 Å². The third-order valence-electron chi connectivity index (χ3n) is 7.36. The Labute approximate surface area is 215 Å². The average molecular weight is 514 g/mol. The molecule has 3 aromatic rings. The number of aromatic nitrogens is 1. The van der Waals surface area contributed by atoms with Crippen LogP contribution in [0.25, 0.3) is 10.9 Å². The number of nitrogens with two attached hydrogens (primary N) is 1. The van der Waals surface area contributed by atoms with Gasteiger partial charge in [0.2, 0.25) is 0 Å². The summed E-state index contributed by atoms with van der Waals surface area (Å²) < 4.78 is 37.5. The van der Waals surface area contributed by atoms with E-state index >= 15 is 0 Å². The van der Waals surface area contributed by atoms with Crippen molar-refractivity contribution in [2.75, 3.05) is 33.4 Å². The second kappa shape index (κ2) is 11.8. The van der Waals surface area contributed by atoms with Crippen LogP contribution in [0.3, 0.4) is 0 Å². The number of methoxy groups -OCH3 is 1. The molecule has 7 nitrogen and oxygen atoms in total. The number of carboxylic acids is 1. The standard InChI is InChI=1S/C28H33F2N3O4/c1-36-22-4-5-26-25(16-22)24(19(17-31)18-32-26)3-2-6-28(27(34)35)7-9-33(10-8-28)11-12-37-23-14-20(29)13-21(30)15-23/h4-5,13-16,18H,2-3,6-12,17,31H2,1H3,(H,34,35). The van der Waals surface area contributed by atoms with Gasteiger partial charge in [-0.05, 0) is 74.5 Å². The highest BCUT2D eigenvalue weighted by Gasteiger charge is 2.40. The Bertz CT molecular complexity index is 1220. The number of hydrogen-bond acceptors (Lipinski definition) is 6. The predicted octanol–water partition coefficient (Wildman–Crippen LogP) is 4.55. The number of benzene rings is 2. The fraction of sp³-hybridized carbons (Fsp3) is 0.429. The van der Waals surface area contributed by atoms with Crippen LogP contribution in [0.5, 0.6) is 11.5 Å². The van der Waals surface area contributed by atoms with Gasteiger partial charge in [-0.3, -0.25) is 14.7 Å². The van der Waals surface area contributed by atoms with Crippen LogP contribution in [-0.4, -0.2) is 54.3 Å². The molecule has 1 fully saturated rings. The van der Waals surface area contributed by atoms with Crippen LogP contribution in [0, 0.1) is 17.0 Å². The van der Waals surface area contributed by atoms with Gasteiger partial charge < -0.3 is 20.3 Å². The molecule has 0 saturated carbocycles. The third-order valence-corrected chi connectivity index (χ3v) is 7.36. The Kier molecular flexibility index (Phi) is 8.56. The summed E-state index contributed by atoms with van der Waals surface area (Å²) in [5.74, 6) is -1.24. The van der Waals surface area contributed by atoms with E-state index in [2.05, 4.69) is 9.88 Å². The quantitative estimate of drug-likeness (QED) is 0.388. The minimum absolute atomic E-state index is 0.146. The van der Waals surface area contributed by atoms with E-state index in [-0.39, 0.29) is 12.4 Å². The minimum atomic E-state index is -0.785. The van der Waals surface area contributed by atoms with Crippen LogP contribution < -0.4 is 15.2 Å². The van der Waals surface area contributed by atoms with Gasteiger partial charge in [0.05, 0.1) is 18.0 Å². The van der Waals surface area contributed by atoms with Crippen molar-refractivity contribution in [1.82, 2.24) is 9.88 Å². The molecule has 0 radical (unpaired) electrons. The van der Waals surface area contributed by atoms with Gasteiger partial charge in [0.1, 0.15) is 29.7 Å². The van der Waals surface area contributed by atoms with Crippen LogP contribution in [0.15, 0.2) is 42.6 Å². The zero-order chi connectivity index (χ0) is 26.4. The molecule has 0 atom stereocenters.